The number of aliphatic hydroxyl groups excluding tert-OH is 2. The maximum absolute atomic E-state index is 11.7. The van der Waals surface area contributed by atoms with Crippen LogP contribution in [0.1, 0.15) is 168 Å². The molecule has 0 amide bonds. The predicted octanol–water partition coefficient (Wildman–Crippen LogP) is 7.85. The standard InChI is InChI=1S/C32H66O5/c1-4-7-10-13-16-19-22-25-31(35,29-33)32(36,26-23-20-17-14-11-8-5-2)30(34)28-37-27-24-21-18-15-12-9-6-3/h30,33-36H,4-29H2,1-3H3/t30-,31+,32+/m1/s1. The fourth-order valence-electron chi connectivity index (χ4n) is 5.36. The van der Waals surface area contributed by atoms with Crippen molar-refractivity contribution in [1.82, 2.24) is 0 Å². The van der Waals surface area contributed by atoms with Gasteiger partial charge in [0.05, 0.1) is 13.2 Å². The van der Waals surface area contributed by atoms with Gasteiger partial charge in [0.1, 0.15) is 17.3 Å². The molecule has 0 aromatic heterocycles. The number of hydrogen-bond acceptors (Lipinski definition) is 5. The Balaban J connectivity index is 4.80. The monoisotopic (exact) mass is 530 g/mol. The molecule has 0 aromatic carbocycles. The molecule has 0 saturated heterocycles. The lowest BCUT2D eigenvalue weighted by Gasteiger charge is -2.45. The molecule has 0 unspecified atom stereocenters. The van der Waals surface area contributed by atoms with Crippen LogP contribution in [-0.2, 0) is 4.74 Å². The van der Waals surface area contributed by atoms with E-state index in [2.05, 4.69) is 20.8 Å². The fourth-order valence-corrected chi connectivity index (χ4v) is 5.36. The average molecular weight is 531 g/mol. The topological polar surface area (TPSA) is 90.2 Å². The molecule has 37 heavy (non-hydrogen) atoms. The van der Waals surface area contributed by atoms with Gasteiger partial charge in [-0.15, -0.1) is 0 Å². The van der Waals surface area contributed by atoms with E-state index in [-0.39, 0.29) is 13.0 Å². The minimum atomic E-state index is -1.77. The van der Waals surface area contributed by atoms with Crippen LogP contribution in [0.15, 0.2) is 0 Å². The molecule has 0 bridgehead atoms. The van der Waals surface area contributed by atoms with E-state index in [0.717, 1.165) is 51.4 Å². The zero-order chi connectivity index (χ0) is 27.7. The first-order valence-corrected chi connectivity index (χ1v) is 16.2. The van der Waals surface area contributed by atoms with Gasteiger partial charge in [-0.05, 0) is 19.3 Å². The first kappa shape index (κ1) is 36.8. The highest BCUT2D eigenvalue weighted by Crippen LogP contribution is 2.36. The molecule has 5 heteroatoms. The third-order valence-electron chi connectivity index (χ3n) is 8.14. The van der Waals surface area contributed by atoms with E-state index in [1.807, 2.05) is 0 Å². The lowest BCUT2D eigenvalue weighted by Crippen LogP contribution is -2.64. The molecule has 3 atom stereocenters. The van der Waals surface area contributed by atoms with Gasteiger partial charge >= 0.3 is 0 Å². The van der Waals surface area contributed by atoms with Crippen molar-refractivity contribution in [2.75, 3.05) is 19.8 Å². The second kappa shape index (κ2) is 24.8. The van der Waals surface area contributed by atoms with Crippen molar-refractivity contribution in [3.63, 3.8) is 0 Å². The highest BCUT2D eigenvalue weighted by atomic mass is 16.5. The minimum Gasteiger partial charge on any atom is -0.393 e. The van der Waals surface area contributed by atoms with Crippen LogP contribution in [0.2, 0.25) is 0 Å². The van der Waals surface area contributed by atoms with Crippen molar-refractivity contribution in [3.8, 4) is 0 Å². The molecular weight excluding hydrogens is 464 g/mol. The van der Waals surface area contributed by atoms with E-state index in [0.29, 0.717) is 13.0 Å². The van der Waals surface area contributed by atoms with Crippen LogP contribution in [0, 0.1) is 0 Å². The Kier molecular flexibility index (Phi) is 24.7. The fraction of sp³-hybridized carbons (Fsp3) is 1.00. The maximum Gasteiger partial charge on any atom is 0.123 e. The van der Waals surface area contributed by atoms with E-state index in [1.165, 1.54) is 83.5 Å². The molecule has 0 saturated carbocycles. The van der Waals surface area contributed by atoms with Gasteiger partial charge in [0.2, 0.25) is 0 Å². The summed E-state index contributed by atoms with van der Waals surface area (Å²) in [6.07, 6.45) is 23.0. The Hall–Kier alpha value is -0.200. The lowest BCUT2D eigenvalue weighted by atomic mass is 9.72. The Morgan fingerprint density at radius 3 is 1.35 bits per heavy atom. The molecule has 5 nitrogen and oxygen atoms in total. The highest BCUT2D eigenvalue weighted by Gasteiger charge is 2.52. The normalized spacial score (nSPS) is 16.0. The van der Waals surface area contributed by atoms with E-state index < -0.39 is 23.9 Å². The van der Waals surface area contributed by atoms with Crippen LogP contribution < -0.4 is 0 Å². The summed E-state index contributed by atoms with van der Waals surface area (Å²) in [5.74, 6) is 0. The van der Waals surface area contributed by atoms with Crippen LogP contribution in [0.3, 0.4) is 0 Å². The third-order valence-corrected chi connectivity index (χ3v) is 8.14. The number of ether oxygens (including phenoxy) is 1. The minimum absolute atomic E-state index is 0.0117. The lowest BCUT2D eigenvalue weighted by molar-refractivity contribution is -0.232. The summed E-state index contributed by atoms with van der Waals surface area (Å²) in [5, 5.41) is 44.4. The average Bonchev–Trinajstić information content (AvgIpc) is 2.90. The van der Waals surface area contributed by atoms with Gasteiger partial charge < -0.3 is 25.2 Å². The zero-order valence-electron chi connectivity index (χ0n) is 25.2. The number of unbranched alkanes of at least 4 members (excludes halogenated alkanes) is 18. The summed E-state index contributed by atoms with van der Waals surface area (Å²) in [6, 6.07) is 0. The van der Waals surface area contributed by atoms with Crippen molar-refractivity contribution in [3.05, 3.63) is 0 Å². The molecule has 0 aromatic rings. The smallest absolute Gasteiger partial charge is 0.123 e. The van der Waals surface area contributed by atoms with E-state index in [4.69, 9.17) is 4.74 Å². The van der Waals surface area contributed by atoms with Gasteiger partial charge in [-0.1, -0.05) is 149 Å². The summed E-state index contributed by atoms with van der Waals surface area (Å²) < 4.78 is 5.76. The van der Waals surface area contributed by atoms with Crippen molar-refractivity contribution in [1.29, 1.82) is 0 Å². The van der Waals surface area contributed by atoms with Gasteiger partial charge in [0.15, 0.2) is 0 Å². The quantitative estimate of drug-likeness (QED) is 0.0739. The van der Waals surface area contributed by atoms with E-state index >= 15 is 0 Å². The van der Waals surface area contributed by atoms with Crippen LogP contribution in [0.4, 0.5) is 0 Å². The molecule has 0 aliphatic rings. The highest BCUT2D eigenvalue weighted by molar-refractivity contribution is 5.04. The molecule has 0 rings (SSSR count). The van der Waals surface area contributed by atoms with Crippen molar-refractivity contribution in [2.45, 2.75) is 186 Å². The Morgan fingerprint density at radius 1 is 0.541 bits per heavy atom. The van der Waals surface area contributed by atoms with Crippen molar-refractivity contribution >= 4 is 0 Å². The van der Waals surface area contributed by atoms with Crippen LogP contribution in [-0.4, -0.2) is 57.6 Å². The molecule has 0 fully saturated rings. The second-order valence-corrected chi connectivity index (χ2v) is 11.6. The van der Waals surface area contributed by atoms with Crippen LogP contribution >= 0.6 is 0 Å². The summed E-state index contributed by atoms with van der Waals surface area (Å²) in [6.45, 7) is 6.62. The summed E-state index contributed by atoms with van der Waals surface area (Å²) >= 11 is 0. The number of aliphatic hydroxyl groups is 4. The molecular formula is C32H66O5. The molecule has 0 aliphatic heterocycles. The van der Waals surface area contributed by atoms with Gasteiger partial charge in [0.25, 0.3) is 0 Å². The SMILES string of the molecule is CCCCCCCCCOC[C@@H](O)[C@@](O)(CCCCCCCCC)[C@@](O)(CO)CCCCCCCCC. The molecule has 0 spiro atoms. The summed E-state index contributed by atoms with van der Waals surface area (Å²) in [7, 11) is 0. The van der Waals surface area contributed by atoms with Crippen LogP contribution in [0.5, 0.6) is 0 Å². The third kappa shape index (κ3) is 17.2. The van der Waals surface area contributed by atoms with E-state index in [9.17, 15) is 20.4 Å². The largest absolute Gasteiger partial charge is 0.393 e. The first-order valence-electron chi connectivity index (χ1n) is 16.2. The van der Waals surface area contributed by atoms with Crippen molar-refractivity contribution < 1.29 is 25.2 Å². The van der Waals surface area contributed by atoms with Crippen LogP contribution in [0.25, 0.3) is 0 Å². The maximum atomic E-state index is 11.7. The summed E-state index contributed by atoms with van der Waals surface area (Å²) in [4.78, 5) is 0. The van der Waals surface area contributed by atoms with E-state index in [1.54, 1.807) is 0 Å². The van der Waals surface area contributed by atoms with Gasteiger partial charge in [-0.3, -0.25) is 0 Å². The van der Waals surface area contributed by atoms with Gasteiger partial charge in [-0.2, -0.15) is 0 Å². The second-order valence-electron chi connectivity index (χ2n) is 11.6. The molecule has 0 aliphatic carbocycles. The molecule has 224 valence electrons. The number of hydrogen-bond donors (Lipinski definition) is 4. The van der Waals surface area contributed by atoms with Crippen molar-refractivity contribution in [2.24, 2.45) is 0 Å². The van der Waals surface area contributed by atoms with Gasteiger partial charge in [0, 0.05) is 6.61 Å². The Labute approximate surface area is 230 Å². The molecule has 0 heterocycles. The Morgan fingerprint density at radius 2 is 0.919 bits per heavy atom. The number of rotatable bonds is 29. The molecule has 0 radical (unpaired) electrons. The van der Waals surface area contributed by atoms with Gasteiger partial charge in [-0.25, -0.2) is 0 Å². The Bertz CT molecular complexity index is 474. The predicted molar refractivity (Wildman–Crippen MR) is 157 cm³/mol. The molecule has 4 N–H and O–H groups in total. The zero-order valence-corrected chi connectivity index (χ0v) is 25.2. The first-order chi connectivity index (χ1) is 17.9. The summed E-state index contributed by atoms with van der Waals surface area (Å²) in [5.41, 5.74) is -3.49.